The number of hydrogen-bond acceptors (Lipinski definition) is 7. The third kappa shape index (κ3) is 2.76. The monoisotopic (exact) mass is 279 g/mol. The van der Waals surface area contributed by atoms with E-state index in [1.807, 2.05) is 0 Å². The molecule has 1 aromatic carbocycles. The van der Waals surface area contributed by atoms with E-state index in [1.54, 1.807) is 13.1 Å². The predicted octanol–water partition coefficient (Wildman–Crippen LogP) is 1.47. The Morgan fingerprint density at radius 2 is 2.21 bits per heavy atom. The molecule has 0 N–H and O–H groups in total. The Hall–Kier alpha value is -2.29. The summed E-state index contributed by atoms with van der Waals surface area (Å²) in [6.45, 7) is 1.36. The van der Waals surface area contributed by atoms with Gasteiger partial charge in [-0.3, -0.25) is 14.9 Å². The molecule has 8 nitrogen and oxygen atoms in total. The van der Waals surface area contributed by atoms with E-state index in [9.17, 15) is 14.9 Å². The van der Waals surface area contributed by atoms with Gasteiger partial charge in [0.05, 0.1) is 9.82 Å². The fourth-order valence-electron chi connectivity index (χ4n) is 1.37. The van der Waals surface area contributed by atoms with Gasteiger partial charge >= 0.3 is 0 Å². The lowest BCUT2D eigenvalue weighted by atomic mass is 10.1. The quantitative estimate of drug-likeness (QED) is 0.474. The zero-order valence-corrected chi connectivity index (χ0v) is 10.9. The standard InChI is InChI=1S/C10H9N5O3S/c1-6(16)7-3-4-9(8(5-7)15(17)18)19-10-11-12-13-14(10)2/h3-5H,1-2H3. The lowest BCUT2D eigenvalue weighted by molar-refractivity contribution is -0.387. The first-order valence-electron chi connectivity index (χ1n) is 5.18. The molecule has 1 heterocycles. The molecule has 2 rings (SSSR count). The Bertz CT molecular complexity index is 654. The molecule has 98 valence electrons. The van der Waals surface area contributed by atoms with Crippen molar-refractivity contribution in [3.8, 4) is 0 Å². The summed E-state index contributed by atoms with van der Waals surface area (Å²) in [4.78, 5) is 22.1. The number of rotatable bonds is 4. The molecule has 0 saturated carbocycles. The Balaban J connectivity index is 2.43. The van der Waals surface area contributed by atoms with E-state index < -0.39 is 4.92 Å². The van der Waals surface area contributed by atoms with E-state index in [1.165, 1.54) is 23.7 Å². The molecule has 19 heavy (non-hydrogen) atoms. The van der Waals surface area contributed by atoms with Gasteiger partial charge < -0.3 is 0 Å². The van der Waals surface area contributed by atoms with Gasteiger partial charge in [0.15, 0.2) is 5.78 Å². The van der Waals surface area contributed by atoms with Crippen LogP contribution in [0.3, 0.4) is 0 Å². The van der Waals surface area contributed by atoms with Crippen molar-refractivity contribution in [3.63, 3.8) is 0 Å². The molecule has 0 unspecified atom stereocenters. The van der Waals surface area contributed by atoms with Crippen molar-refractivity contribution in [3.05, 3.63) is 33.9 Å². The molecule has 0 saturated heterocycles. The summed E-state index contributed by atoms with van der Waals surface area (Å²) in [5, 5.41) is 22.3. The van der Waals surface area contributed by atoms with Gasteiger partial charge in [-0.1, -0.05) is 0 Å². The molecule has 1 aromatic heterocycles. The summed E-state index contributed by atoms with van der Waals surface area (Å²) < 4.78 is 1.41. The molecule has 0 aliphatic carbocycles. The van der Waals surface area contributed by atoms with Gasteiger partial charge in [0, 0.05) is 18.7 Å². The number of Topliss-reactive ketones (excluding diaryl/α,β-unsaturated/α-hetero) is 1. The number of aryl methyl sites for hydroxylation is 1. The highest BCUT2D eigenvalue weighted by Gasteiger charge is 2.19. The number of tetrazole rings is 1. The average Bonchev–Trinajstić information content (AvgIpc) is 2.75. The minimum absolute atomic E-state index is 0.138. The smallest absolute Gasteiger partial charge is 0.284 e. The van der Waals surface area contributed by atoms with Gasteiger partial charge in [0.25, 0.3) is 5.69 Å². The van der Waals surface area contributed by atoms with Crippen molar-refractivity contribution < 1.29 is 9.72 Å². The highest BCUT2D eigenvalue weighted by molar-refractivity contribution is 7.99. The van der Waals surface area contributed by atoms with Crippen LogP contribution < -0.4 is 0 Å². The summed E-state index contributed by atoms with van der Waals surface area (Å²) in [5.74, 6) is -0.222. The lowest BCUT2D eigenvalue weighted by Crippen LogP contribution is -1.98. The third-order valence-corrected chi connectivity index (χ3v) is 3.44. The Morgan fingerprint density at radius 3 is 2.74 bits per heavy atom. The Kier molecular flexibility index (Phi) is 3.56. The molecular formula is C10H9N5O3S. The SMILES string of the molecule is CC(=O)c1ccc(Sc2nnnn2C)c([N+](=O)[O-])c1. The molecule has 0 amide bonds. The minimum Gasteiger partial charge on any atom is -0.295 e. The van der Waals surface area contributed by atoms with E-state index in [0.29, 0.717) is 15.6 Å². The Labute approximate surface area is 112 Å². The molecule has 0 bridgehead atoms. The first kappa shape index (κ1) is 13.1. The van der Waals surface area contributed by atoms with Crippen LogP contribution in [0.5, 0.6) is 0 Å². The zero-order chi connectivity index (χ0) is 14.0. The molecule has 0 atom stereocenters. The predicted molar refractivity (Wildman–Crippen MR) is 66.0 cm³/mol. The summed E-state index contributed by atoms with van der Waals surface area (Å²) in [6.07, 6.45) is 0. The molecule has 0 spiro atoms. The van der Waals surface area contributed by atoms with Crippen molar-refractivity contribution in [2.75, 3.05) is 0 Å². The third-order valence-electron chi connectivity index (χ3n) is 2.34. The fraction of sp³-hybridized carbons (Fsp3) is 0.200. The van der Waals surface area contributed by atoms with Crippen molar-refractivity contribution in [2.24, 2.45) is 7.05 Å². The number of nitrogens with zero attached hydrogens (tertiary/aromatic N) is 5. The van der Waals surface area contributed by atoms with Crippen molar-refractivity contribution >= 4 is 23.2 Å². The maximum absolute atomic E-state index is 11.2. The summed E-state index contributed by atoms with van der Waals surface area (Å²) in [7, 11) is 1.64. The maximum Gasteiger partial charge on any atom is 0.284 e. The Morgan fingerprint density at radius 1 is 1.47 bits per heavy atom. The molecule has 0 aliphatic heterocycles. The number of nitro benzene ring substituents is 1. The zero-order valence-electron chi connectivity index (χ0n) is 10.1. The number of carbonyl (C=O) groups excluding carboxylic acids is 1. The largest absolute Gasteiger partial charge is 0.295 e. The second-order valence-electron chi connectivity index (χ2n) is 3.68. The van der Waals surface area contributed by atoms with E-state index in [-0.39, 0.29) is 11.5 Å². The fourth-order valence-corrected chi connectivity index (χ4v) is 2.19. The van der Waals surface area contributed by atoms with Crippen molar-refractivity contribution in [1.82, 2.24) is 20.2 Å². The van der Waals surface area contributed by atoms with Crippen LogP contribution in [0.1, 0.15) is 17.3 Å². The molecule has 9 heteroatoms. The minimum atomic E-state index is -0.529. The normalized spacial score (nSPS) is 10.4. The van der Waals surface area contributed by atoms with E-state index in [0.717, 1.165) is 11.8 Å². The van der Waals surface area contributed by atoms with Crippen LogP contribution in [0.15, 0.2) is 28.3 Å². The summed E-state index contributed by atoms with van der Waals surface area (Å²) in [5.41, 5.74) is 0.160. The second-order valence-corrected chi connectivity index (χ2v) is 4.69. The highest BCUT2D eigenvalue weighted by atomic mass is 32.2. The molecule has 0 radical (unpaired) electrons. The first-order valence-corrected chi connectivity index (χ1v) is 6.00. The van der Waals surface area contributed by atoms with Crippen LogP contribution in [-0.4, -0.2) is 30.9 Å². The average molecular weight is 279 g/mol. The van der Waals surface area contributed by atoms with Gasteiger partial charge in [-0.15, -0.1) is 5.10 Å². The molecular weight excluding hydrogens is 270 g/mol. The van der Waals surface area contributed by atoms with Crippen LogP contribution in [0.4, 0.5) is 5.69 Å². The first-order chi connectivity index (χ1) is 8.99. The number of carbonyl (C=O) groups is 1. The molecule has 0 fully saturated rings. The second kappa shape index (κ2) is 5.14. The van der Waals surface area contributed by atoms with E-state index in [2.05, 4.69) is 15.5 Å². The van der Waals surface area contributed by atoms with Gasteiger partial charge in [-0.05, 0) is 41.2 Å². The lowest BCUT2D eigenvalue weighted by Gasteiger charge is -2.03. The van der Waals surface area contributed by atoms with Crippen LogP contribution in [0, 0.1) is 10.1 Å². The van der Waals surface area contributed by atoms with Crippen LogP contribution in [0.25, 0.3) is 0 Å². The molecule has 0 aliphatic rings. The van der Waals surface area contributed by atoms with Gasteiger partial charge in [-0.2, -0.15) is 0 Å². The van der Waals surface area contributed by atoms with E-state index >= 15 is 0 Å². The molecule has 2 aromatic rings. The number of nitro groups is 1. The van der Waals surface area contributed by atoms with Crippen LogP contribution in [-0.2, 0) is 7.05 Å². The number of hydrogen-bond donors (Lipinski definition) is 0. The highest BCUT2D eigenvalue weighted by Crippen LogP contribution is 2.33. The topological polar surface area (TPSA) is 104 Å². The number of aromatic nitrogens is 4. The van der Waals surface area contributed by atoms with Crippen LogP contribution in [0.2, 0.25) is 0 Å². The van der Waals surface area contributed by atoms with Gasteiger partial charge in [0.2, 0.25) is 5.16 Å². The summed E-state index contributed by atoms with van der Waals surface area (Å²) in [6, 6.07) is 4.32. The van der Waals surface area contributed by atoms with Gasteiger partial charge in [-0.25, -0.2) is 4.68 Å². The number of ketones is 1. The maximum atomic E-state index is 11.2. The van der Waals surface area contributed by atoms with Crippen molar-refractivity contribution in [2.45, 2.75) is 17.0 Å². The number of benzene rings is 1. The van der Waals surface area contributed by atoms with Gasteiger partial charge in [0.1, 0.15) is 0 Å². The van der Waals surface area contributed by atoms with Crippen LogP contribution >= 0.6 is 11.8 Å². The van der Waals surface area contributed by atoms with Crippen molar-refractivity contribution in [1.29, 1.82) is 0 Å². The van der Waals surface area contributed by atoms with E-state index in [4.69, 9.17) is 0 Å². The summed E-state index contributed by atoms with van der Waals surface area (Å²) >= 11 is 1.07.